The van der Waals surface area contributed by atoms with Crippen LogP contribution in [0, 0.1) is 34.9 Å². The fourth-order valence-electron chi connectivity index (χ4n) is 10.5. The molecule has 3 amide bonds. The van der Waals surface area contributed by atoms with E-state index in [2.05, 4.69) is 80.9 Å². The van der Waals surface area contributed by atoms with Gasteiger partial charge in [0.25, 0.3) is 0 Å². The summed E-state index contributed by atoms with van der Waals surface area (Å²) in [7, 11) is 12.3. The Morgan fingerprint density at radius 1 is 0.495 bits per heavy atom. The van der Waals surface area contributed by atoms with E-state index in [1.807, 2.05) is 0 Å². The lowest BCUT2D eigenvalue weighted by Crippen LogP contribution is -2.11. The quantitative estimate of drug-likeness (QED) is 0.0288. The maximum Gasteiger partial charge on any atom is 0.247 e. The van der Waals surface area contributed by atoms with Crippen LogP contribution >= 0.6 is 11.3 Å². The van der Waals surface area contributed by atoms with Crippen LogP contribution in [0.15, 0.2) is 115 Å². The fourth-order valence-corrected chi connectivity index (χ4v) is 11.4. The molecule has 0 fully saturated rings. The van der Waals surface area contributed by atoms with Crippen LogP contribution in [0.1, 0.15) is 87.5 Å². The van der Waals surface area contributed by atoms with Crippen molar-refractivity contribution in [1.29, 1.82) is 0 Å². The second-order valence-electron chi connectivity index (χ2n) is 22.3. The van der Waals surface area contributed by atoms with Crippen LogP contribution in [0.4, 0.5) is 43.4 Å². The largest absolute Gasteiger partial charge is 0.494 e. The SMILES string of the molecule is C=CC(=O)Nc1cn(C)nc1Cc1ncc2c(n1)C=C(C(=O)c1c(F)c(OC)cc(OC)c1F)C2.C=CC(=O)Nc1cn(C)nc1Cc1ncc2oc(C(=O)c3c(F)c(OC)cc(OC)c3F)cc2n1.C=CC(=O)Nc1cn(C)nc1Cc1ncc2sc(C(=O)c3c(F)c(OC)cc(OC)c3F)cc2n1. The number of furan rings is 1. The Bertz CT molecular complexity index is 5090. The number of thiophene rings is 1. The van der Waals surface area contributed by atoms with E-state index in [0.717, 1.165) is 47.8 Å². The number of carbonyl (C=O) groups excluding carboxylic acids is 6. The van der Waals surface area contributed by atoms with Gasteiger partial charge in [-0.1, -0.05) is 19.7 Å². The van der Waals surface area contributed by atoms with Gasteiger partial charge in [-0.25, -0.2) is 56.2 Å². The van der Waals surface area contributed by atoms with Crippen molar-refractivity contribution >= 4 is 90.9 Å². The number of fused-ring (bicyclic) bond motifs is 3. The normalized spacial score (nSPS) is 11.3. The standard InChI is InChI=1S/C24H21F2N5O4.C23H19F2N5O5.C23H19F2N5O4S/c1-5-20(32)29-16-11-31(2)30-15(16)8-19-27-10-13-6-12(7-14(13)28-19)24(33)21-22(25)17(34-3)9-18(35-4)23(21)26;2*1-5-19(31)28-13-10-30(2)29-11(13)7-18-26-9-17-12(27-18)6-16(35-17)23(32)20-21(24)14(33-3)8-15(34-4)22(20)25/h5,7,9-11H,1,6,8H2,2-4H3,(H,29,32);2*5-6,8-10H,1,7H2,2-4H3,(H,28,31). The van der Waals surface area contributed by atoms with Crippen molar-refractivity contribution in [3.05, 3.63) is 219 Å². The number of halogens is 6. The molecule has 3 N–H and O–H groups in total. The molecular weight excluding hydrogens is 1400 g/mol. The first-order valence-corrected chi connectivity index (χ1v) is 31.5. The Hall–Kier alpha value is -13.2. The van der Waals surface area contributed by atoms with Gasteiger partial charge in [-0.3, -0.25) is 42.8 Å². The number of amides is 3. The van der Waals surface area contributed by atoms with Gasteiger partial charge >= 0.3 is 0 Å². The number of hydrogen-bond donors (Lipinski definition) is 3. The van der Waals surface area contributed by atoms with Crippen LogP contribution in [0.5, 0.6) is 34.5 Å². The lowest BCUT2D eigenvalue weighted by atomic mass is 10.00. The molecule has 0 saturated heterocycles. The predicted molar refractivity (Wildman–Crippen MR) is 367 cm³/mol. The number of aryl methyl sites for hydroxylation is 3. The highest BCUT2D eigenvalue weighted by Crippen LogP contribution is 2.39. The van der Waals surface area contributed by atoms with Gasteiger partial charge in [-0.2, -0.15) is 15.3 Å². The average molecular weight is 1460 g/mol. The van der Waals surface area contributed by atoms with Crippen molar-refractivity contribution in [2.24, 2.45) is 21.1 Å². The molecule has 0 unspecified atom stereocenters. The van der Waals surface area contributed by atoms with Gasteiger partial charge in [-0.15, -0.1) is 11.3 Å². The number of methoxy groups -OCH3 is 6. The van der Waals surface area contributed by atoms with Gasteiger partial charge < -0.3 is 48.8 Å². The summed E-state index contributed by atoms with van der Waals surface area (Å²) in [6, 6.07) is 5.78. The summed E-state index contributed by atoms with van der Waals surface area (Å²) in [4.78, 5) is 100. The average Bonchev–Trinajstić information content (AvgIpc) is 1.73. The number of carbonyl (C=O) groups is 6. The molecule has 0 aliphatic heterocycles. The molecule has 3 aromatic carbocycles. The molecule has 11 aromatic rings. The Kier molecular flexibility index (Phi) is 22.5. The Morgan fingerprint density at radius 2 is 0.867 bits per heavy atom. The van der Waals surface area contributed by atoms with Crippen LogP contribution in [0.25, 0.3) is 27.4 Å². The lowest BCUT2D eigenvalue weighted by molar-refractivity contribution is -0.112. The van der Waals surface area contributed by atoms with Crippen LogP contribution in [-0.2, 0) is 61.2 Å². The van der Waals surface area contributed by atoms with E-state index in [4.69, 9.17) is 32.8 Å². The molecule has 0 spiro atoms. The topological polar surface area (TPSA) is 338 Å². The number of Topliss-reactive ketones (excluding diaryl/α,β-unsaturated/α-hetero) is 1. The molecule has 0 atom stereocenters. The number of ether oxygens (including phenoxy) is 6. The van der Waals surface area contributed by atoms with Crippen molar-refractivity contribution in [2.75, 3.05) is 58.6 Å². The van der Waals surface area contributed by atoms with Gasteiger partial charge in [-0.05, 0) is 30.4 Å². The van der Waals surface area contributed by atoms with Crippen molar-refractivity contribution in [3.63, 3.8) is 0 Å². The molecule has 0 saturated carbocycles. The van der Waals surface area contributed by atoms with Gasteiger partial charge in [0, 0.05) is 94.0 Å². The second-order valence-corrected chi connectivity index (χ2v) is 23.4. The second kappa shape index (κ2) is 31.8. The van der Waals surface area contributed by atoms with Crippen LogP contribution in [-0.4, -0.2) is 137 Å². The summed E-state index contributed by atoms with van der Waals surface area (Å²) in [5, 5.41) is 21.0. The number of nitrogens with zero attached hydrogens (tertiary/aromatic N) is 12. The van der Waals surface area contributed by atoms with Crippen molar-refractivity contribution in [2.45, 2.75) is 25.7 Å². The number of hydrogen-bond acceptors (Lipinski definition) is 23. The van der Waals surface area contributed by atoms with E-state index in [-0.39, 0.29) is 99.3 Å². The molecule has 1 aliphatic carbocycles. The highest BCUT2D eigenvalue weighted by molar-refractivity contribution is 7.20. The van der Waals surface area contributed by atoms with E-state index in [1.165, 1.54) is 77.9 Å². The molecule has 0 bridgehead atoms. The van der Waals surface area contributed by atoms with Crippen molar-refractivity contribution < 1.29 is 87.9 Å². The number of rotatable bonds is 24. The maximum atomic E-state index is 14.8. The maximum absolute atomic E-state index is 14.8. The summed E-state index contributed by atoms with van der Waals surface area (Å²) in [5.74, 6) is -12.0. The van der Waals surface area contributed by atoms with Crippen LogP contribution < -0.4 is 44.4 Å². The monoisotopic (exact) mass is 1460 g/mol. The van der Waals surface area contributed by atoms with Crippen LogP contribution in [0.2, 0.25) is 0 Å². The first kappa shape index (κ1) is 74.5. The Labute approximate surface area is 594 Å². The molecule has 0 radical (unpaired) electrons. The third-order valence-electron chi connectivity index (χ3n) is 15.4. The van der Waals surface area contributed by atoms with E-state index < -0.39 is 74.9 Å². The zero-order valence-corrected chi connectivity index (χ0v) is 57.8. The Morgan fingerprint density at radius 3 is 1.28 bits per heavy atom. The van der Waals surface area contributed by atoms with E-state index in [1.54, 1.807) is 55.3 Å². The number of nitrogens with one attached hydrogen (secondary N) is 3. The minimum absolute atomic E-state index is 0.0660. The molecule has 35 heteroatoms. The number of anilines is 3. The molecule has 540 valence electrons. The van der Waals surface area contributed by atoms with Gasteiger partial charge in [0.1, 0.15) is 39.7 Å². The summed E-state index contributed by atoms with van der Waals surface area (Å²) >= 11 is 1.00. The smallest absolute Gasteiger partial charge is 0.247 e. The summed E-state index contributed by atoms with van der Waals surface area (Å²) in [5.41, 5.74) is 2.61. The fraction of sp³-hybridized carbons (Fsp3) is 0.186. The van der Waals surface area contributed by atoms with E-state index >= 15 is 0 Å². The lowest BCUT2D eigenvalue weighted by Gasteiger charge is -2.12. The predicted octanol–water partition coefficient (Wildman–Crippen LogP) is 9.91. The van der Waals surface area contributed by atoms with Crippen molar-refractivity contribution in [1.82, 2.24) is 59.2 Å². The highest BCUT2D eigenvalue weighted by atomic mass is 32.1. The third-order valence-corrected chi connectivity index (χ3v) is 16.5. The zero-order chi connectivity index (χ0) is 75.8. The van der Waals surface area contributed by atoms with E-state index in [0.29, 0.717) is 73.1 Å². The molecule has 28 nitrogen and oxygen atoms in total. The number of allylic oxidation sites excluding steroid dienone is 1. The van der Waals surface area contributed by atoms with Gasteiger partial charge in [0.2, 0.25) is 29.3 Å². The number of ketones is 3. The molecule has 1 aliphatic rings. The first-order chi connectivity index (χ1) is 50.2. The van der Waals surface area contributed by atoms with Crippen molar-refractivity contribution in [3.8, 4) is 34.5 Å². The highest BCUT2D eigenvalue weighted by Gasteiger charge is 2.33. The molecule has 105 heavy (non-hydrogen) atoms. The zero-order valence-electron chi connectivity index (χ0n) is 57.0. The van der Waals surface area contributed by atoms with E-state index in [9.17, 15) is 55.1 Å². The van der Waals surface area contributed by atoms with Gasteiger partial charge in [0.05, 0.1) is 123 Å². The summed E-state index contributed by atoms with van der Waals surface area (Å²) in [6.45, 7) is 10.3. The molecule has 8 heterocycles. The first-order valence-electron chi connectivity index (χ1n) is 30.6. The summed E-state index contributed by atoms with van der Waals surface area (Å²) in [6.07, 6.45) is 14.9. The summed E-state index contributed by atoms with van der Waals surface area (Å²) < 4.78 is 129. The minimum Gasteiger partial charge on any atom is -0.494 e. The molecule has 12 rings (SSSR count). The number of aromatic nitrogens is 12. The minimum atomic E-state index is -1.19. The molecule has 8 aromatic heterocycles. The molecular formula is C70H59F6N15O13S. The Balaban J connectivity index is 0.000000169. The van der Waals surface area contributed by atoms with Gasteiger partial charge in [0.15, 0.2) is 86.5 Å². The van der Waals surface area contributed by atoms with Crippen LogP contribution in [0.3, 0.4) is 0 Å². The third kappa shape index (κ3) is 16.0. The number of benzene rings is 3.